The number of carbonyl (C=O) groups is 2. The van der Waals surface area contributed by atoms with Gasteiger partial charge in [0, 0.05) is 12.7 Å². The van der Waals surface area contributed by atoms with Crippen molar-refractivity contribution in [1.29, 1.82) is 0 Å². The number of thioether (sulfide) groups is 1. The second-order valence-electron chi connectivity index (χ2n) is 6.54. The van der Waals surface area contributed by atoms with Crippen molar-refractivity contribution in [3.05, 3.63) is 69.7 Å². The topological polar surface area (TPSA) is 88.9 Å². The summed E-state index contributed by atoms with van der Waals surface area (Å²) in [4.78, 5) is 24.5. The normalized spacial score (nSPS) is 11.8. The fourth-order valence-corrected chi connectivity index (χ4v) is 3.73. The van der Waals surface area contributed by atoms with E-state index in [1.165, 1.54) is 30.0 Å². The van der Waals surface area contributed by atoms with Gasteiger partial charge in [-0.15, -0.1) is 10.2 Å². The highest BCUT2D eigenvalue weighted by Gasteiger charge is 2.20. The highest BCUT2D eigenvalue weighted by Crippen LogP contribution is 2.25. The average Bonchev–Trinajstić information content (AvgIpc) is 3.10. The van der Waals surface area contributed by atoms with Gasteiger partial charge in [-0.1, -0.05) is 47.1 Å². The van der Waals surface area contributed by atoms with Crippen LogP contribution in [0, 0.1) is 5.82 Å². The first kappa shape index (κ1) is 23.1. The fourth-order valence-electron chi connectivity index (χ4n) is 2.71. The predicted octanol–water partition coefficient (Wildman–Crippen LogP) is 4.48. The first-order chi connectivity index (χ1) is 14.8. The number of nitrogens with zero attached hydrogens (tertiary/aromatic N) is 3. The van der Waals surface area contributed by atoms with Crippen LogP contribution in [0.25, 0.3) is 0 Å². The third-order valence-corrected chi connectivity index (χ3v) is 6.02. The van der Waals surface area contributed by atoms with Gasteiger partial charge < -0.3 is 15.2 Å². The van der Waals surface area contributed by atoms with Crippen molar-refractivity contribution in [2.75, 3.05) is 11.1 Å². The fraction of sp³-hybridized carbons (Fsp3) is 0.200. The molecule has 1 atom stereocenters. The second kappa shape index (κ2) is 10.1. The number of anilines is 1. The summed E-state index contributed by atoms with van der Waals surface area (Å²) >= 11 is 13.0. The Bertz CT molecular complexity index is 1120. The van der Waals surface area contributed by atoms with E-state index in [9.17, 15) is 14.0 Å². The zero-order valence-corrected chi connectivity index (χ0v) is 18.9. The Labute approximate surface area is 192 Å². The molecule has 11 heteroatoms. The standard InChI is InChI=1S/C20H18Cl2FN5O2S/c1-11(24-19(30)13-5-3-4-6-16(13)23)18-26-27-20(28(18)2)31-10-17(29)25-12-7-8-14(21)15(22)9-12/h3-9,11H,10H2,1-2H3,(H,24,30)(H,25,29)/t11-/m0/s1. The third-order valence-electron chi connectivity index (χ3n) is 4.26. The Hall–Kier alpha value is -2.62. The SMILES string of the molecule is C[C@H](NC(=O)c1ccccc1F)c1nnc(SCC(=O)Nc2ccc(Cl)c(Cl)c2)n1C. The molecule has 1 aromatic heterocycles. The molecule has 0 radical (unpaired) electrons. The van der Waals surface area contributed by atoms with Gasteiger partial charge in [0.1, 0.15) is 5.82 Å². The number of aromatic nitrogens is 3. The lowest BCUT2D eigenvalue weighted by Gasteiger charge is -2.14. The Kier molecular flexibility index (Phi) is 7.53. The molecule has 3 rings (SSSR count). The summed E-state index contributed by atoms with van der Waals surface area (Å²) in [6.07, 6.45) is 0. The number of carbonyl (C=O) groups excluding carboxylic acids is 2. The second-order valence-corrected chi connectivity index (χ2v) is 8.30. The molecule has 0 aliphatic carbocycles. The molecule has 1 heterocycles. The van der Waals surface area contributed by atoms with Gasteiger partial charge in [0.15, 0.2) is 11.0 Å². The lowest BCUT2D eigenvalue weighted by molar-refractivity contribution is -0.113. The number of benzene rings is 2. The van der Waals surface area contributed by atoms with Crippen molar-refractivity contribution in [2.45, 2.75) is 18.1 Å². The van der Waals surface area contributed by atoms with E-state index in [1.54, 1.807) is 42.8 Å². The highest BCUT2D eigenvalue weighted by molar-refractivity contribution is 7.99. The van der Waals surface area contributed by atoms with E-state index < -0.39 is 17.8 Å². The van der Waals surface area contributed by atoms with E-state index >= 15 is 0 Å². The molecule has 0 aliphatic heterocycles. The number of hydrogen-bond donors (Lipinski definition) is 2. The van der Waals surface area contributed by atoms with E-state index in [0.717, 1.165) is 0 Å². The first-order valence-electron chi connectivity index (χ1n) is 9.08. The van der Waals surface area contributed by atoms with E-state index in [0.29, 0.717) is 26.7 Å². The van der Waals surface area contributed by atoms with Crippen LogP contribution in [0.4, 0.5) is 10.1 Å². The summed E-state index contributed by atoms with van der Waals surface area (Å²) in [6.45, 7) is 1.72. The number of nitrogens with one attached hydrogen (secondary N) is 2. The molecule has 0 saturated heterocycles. The molecule has 0 spiro atoms. The van der Waals surface area contributed by atoms with Gasteiger partial charge in [0.2, 0.25) is 5.91 Å². The third kappa shape index (κ3) is 5.75. The molecule has 2 N–H and O–H groups in total. The number of amides is 2. The minimum atomic E-state index is -0.602. The Morgan fingerprint density at radius 1 is 1.16 bits per heavy atom. The van der Waals surface area contributed by atoms with Crippen LogP contribution < -0.4 is 10.6 Å². The molecule has 7 nitrogen and oxygen atoms in total. The minimum Gasteiger partial charge on any atom is -0.342 e. The summed E-state index contributed by atoms with van der Waals surface area (Å²) in [5, 5.41) is 14.8. The van der Waals surface area contributed by atoms with Crippen molar-refractivity contribution in [3.63, 3.8) is 0 Å². The molecule has 2 amide bonds. The molecule has 0 bridgehead atoms. The Balaban J connectivity index is 1.59. The van der Waals surface area contributed by atoms with Gasteiger partial charge >= 0.3 is 0 Å². The lowest BCUT2D eigenvalue weighted by atomic mass is 10.2. The Morgan fingerprint density at radius 2 is 1.90 bits per heavy atom. The van der Waals surface area contributed by atoms with Crippen LogP contribution in [0.3, 0.4) is 0 Å². The molecule has 0 aliphatic rings. The number of rotatable bonds is 7. The van der Waals surface area contributed by atoms with Crippen molar-refractivity contribution >= 4 is 52.5 Å². The van der Waals surface area contributed by atoms with Crippen LogP contribution in [-0.4, -0.2) is 32.3 Å². The average molecular weight is 482 g/mol. The van der Waals surface area contributed by atoms with Gasteiger partial charge in [0.25, 0.3) is 5.91 Å². The summed E-state index contributed by atoms with van der Waals surface area (Å²) in [6, 6.07) is 10.0. The van der Waals surface area contributed by atoms with Crippen LogP contribution >= 0.6 is 35.0 Å². The van der Waals surface area contributed by atoms with E-state index in [4.69, 9.17) is 23.2 Å². The van der Waals surface area contributed by atoms with Gasteiger partial charge in [-0.05, 0) is 37.3 Å². The quantitative estimate of drug-likeness (QED) is 0.485. The monoisotopic (exact) mass is 481 g/mol. The number of hydrogen-bond acceptors (Lipinski definition) is 5. The predicted molar refractivity (Wildman–Crippen MR) is 119 cm³/mol. The molecular formula is C20H18Cl2FN5O2S. The van der Waals surface area contributed by atoms with E-state index in [-0.39, 0.29) is 17.2 Å². The molecule has 0 unspecified atom stereocenters. The highest BCUT2D eigenvalue weighted by atomic mass is 35.5. The summed E-state index contributed by atoms with van der Waals surface area (Å²) in [5.41, 5.74) is 0.480. The van der Waals surface area contributed by atoms with Crippen LogP contribution in [0.5, 0.6) is 0 Å². The maximum Gasteiger partial charge on any atom is 0.254 e. The first-order valence-corrected chi connectivity index (χ1v) is 10.8. The molecule has 3 aromatic rings. The summed E-state index contributed by atoms with van der Waals surface area (Å²) in [7, 11) is 1.72. The minimum absolute atomic E-state index is 0.0508. The van der Waals surface area contributed by atoms with Crippen LogP contribution in [-0.2, 0) is 11.8 Å². The summed E-state index contributed by atoms with van der Waals surface area (Å²) < 4.78 is 15.5. The van der Waals surface area contributed by atoms with Gasteiger partial charge in [-0.3, -0.25) is 9.59 Å². The smallest absolute Gasteiger partial charge is 0.254 e. The van der Waals surface area contributed by atoms with Gasteiger partial charge in [-0.25, -0.2) is 4.39 Å². The maximum absolute atomic E-state index is 13.8. The van der Waals surface area contributed by atoms with Crippen LogP contribution in [0.15, 0.2) is 47.6 Å². The van der Waals surface area contributed by atoms with Crippen molar-refractivity contribution in [1.82, 2.24) is 20.1 Å². The van der Waals surface area contributed by atoms with Gasteiger partial charge in [0.05, 0.1) is 27.4 Å². The molecule has 162 valence electrons. The molecule has 31 heavy (non-hydrogen) atoms. The molecular weight excluding hydrogens is 464 g/mol. The van der Waals surface area contributed by atoms with Crippen LogP contribution in [0.2, 0.25) is 10.0 Å². The van der Waals surface area contributed by atoms with Crippen molar-refractivity contribution in [3.8, 4) is 0 Å². The molecule has 0 fully saturated rings. The zero-order valence-electron chi connectivity index (χ0n) is 16.5. The van der Waals surface area contributed by atoms with Crippen molar-refractivity contribution in [2.24, 2.45) is 7.05 Å². The zero-order chi connectivity index (χ0) is 22.5. The van der Waals surface area contributed by atoms with E-state index in [1.807, 2.05) is 0 Å². The largest absolute Gasteiger partial charge is 0.342 e. The number of halogens is 3. The Morgan fingerprint density at radius 3 is 2.61 bits per heavy atom. The van der Waals surface area contributed by atoms with Crippen molar-refractivity contribution < 1.29 is 14.0 Å². The van der Waals surface area contributed by atoms with Crippen LogP contribution in [0.1, 0.15) is 29.1 Å². The van der Waals surface area contributed by atoms with E-state index in [2.05, 4.69) is 20.8 Å². The maximum atomic E-state index is 13.8. The summed E-state index contributed by atoms with van der Waals surface area (Å²) in [5.74, 6) is -0.855. The lowest BCUT2D eigenvalue weighted by Crippen LogP contribution is -2.29. The molecule has 0 saturated carbocycles. The molecule has 2 aromatic carbocycles. The van der Waals surface area contributed by atoms with Gasteiger partial charge in [-0.2, -0.15) is 0 Å².